The monoisotopic (exact) mass is 271 g/mol. The molecule has 1 N–H and O–H groups in total. The predicted octanol–water partition coefficient (Wildman–Crippen LogP) is 3.86. The van der Waals surface area contributed by atoms with Gasteiger partial charge in [0.25, 0.3) is 0 Å². The molecule has 0 saturated heterocycles. The van der Waals surface area contributed by atoms with Gasteiger partial charge < -0.3 is 9.88 Å². The highest BCUT2D eigenvalue weighted by Gasteiger charge is 2.07. The van der Waals surface area contributed by atoms with E-state index in [1.807, 2.05) is 36.6 Å². The summed E-state index contributed by atoms with van der Waals surface area (Å²) in [4.78, 5) is 7.35. The summed E-state index contributed by atoms with van der Waals surface area (Å²) < 4.78 is 2.10. The number of hydrogen-bond donors (Lipinski definition) is 1. The average Bonchev–Trinajstić information content (AvgIpc) is 2.89. The van der Waals surface area contributed by atoms with Gasteiger partial charge in [-0.3, -0.25) is 0 Å². The second-order valence-electron chi connectivity index (χ2n) is 4.79. The van der Waals surface area contributed by atoms with Crippen molar-refractivity contribution in [3.8, 4) is 0 Å². The molecule has 0 aliphatic carbocycles. The van der Waals surface area contributed by atoms with Gasteiger partial charge in [-0.15, -0.1) is 11.3 Å². The van der Waals surface area contributed by atoms with Gasteiger partial charge in [0.2, 0.25) is 5.95 Å². The summed E-state index contributed by atoms with van der Waals surface area (Å²) in [6.45, 7) is 5.15. The van der Waals surface area contributed by atoms with E-state index in [2.05, 4.69) is 40.8 Å². The number of para-hydroxylation sites is 2. The van der Waals surface area contributed by atoms with Gasteiger partial charge in [-0.25, -0.2) is 4.98 Å². The molecule has 0 unspecified atom stereocenters. The molecule has 4 heteroatoms. The van der Waals surface area contributed by atoms with Gasteiger partial charge in [-0.05, 0) is 37.6 Å². The Morgan fingerprint density at radius 3 is 2.74 bits per heavy atom. The lowest BCUT2D eigenvalue weighted by Gasteiger charge is -2.04. The molecule has 19 heavy (non-hydrogen) atoms. The molecule has 2 aromatic heterocycles. The largest absolute Gasteiger partial charge is 0.351 e. The zero-order chi connectivity index (χ0) is 13.4. The summed E-state index contributed by atoms with van der Waals surface area (Å²) in [6.07, 6.45) is 0. The van der Waals surface area contributed by atoms with Crippen LogP contribution in [0.1, 0.15) is 15.3 Å². The van der Waals surface area contributed by atoms with Crippen LogP contribution in [0, 0.1) is 13.8 Å². The van der Waals surface area contributed by atoms with Crippen LogP contribution >= 0.6 is 11.3 Å². The molecule has 2 heterocycles. The molecule has 0 bridgehead atoms. The second-order valence-corrected chi connectivity index (χ2v) is 6.13. The topological polar surface area (TPSA) is 29.9 Å². The molecule has 0 spiro atoms. The molecule has 0 aliphatic heterocycles. The Bertz CT molecular complexity index is 705. The molecule has 0 atom stereocenters. The van der Waals surface area contributed by atoms with Gasteiger partial charge in [0, 0.05) is 16.8 Å². The average molecular weight is 271 g/mol. The van der Waals surface area contributed by atoms with E-state index in [1.54, 1.807) is 0 Å². The van der Waals surface area contributed by atoms with Gasteiger partial charge in [0.15, 0.2) is 0 Å². The van der Waals surface area contributed by atoms with Crippen LogP contribution in [0.3, 0.4) is 0 Å². The molecule has 98 valence electrons. The number of aryl methyl sites for hydroxylation is 3. The van der Waals surface area contributed by atoms with Crippen molar-refractivity contribution in [3.63, 3.8) is 0 Å². The molecule has 0 aliphatic rings. The second kappa shape index (κ2) is 4.70. The summed E-state index contributed by atoms with van der Waals surface area (Å²) in [5.74, 6) is 0.921. The first-order valence-electron chi connectivity index (χ1n) is 6.36. The minimum absolute atomic E-state index is 0.830. The Morgan fingerprint density at radius 1 is 1.26 bits per heavy atom. The lowest BCUT2D eigenvalue weighted by atomic mass is 10.3. The number of nitrogens with one attached hydrogen (secondary N) is 1. The maximum Gasteiger partial charge on any atom is 0.203 e. The number of anilines is 1. The fourth-order valence-corrected chi connectivity index (χ4v) is 3.20. The first-order chi connectivity index (χ1) is 9.15. The highest BCUT2D eigenvalue weighted by Crippen LogP contribution is 2.22. The first kappa shape index (κ1) is 12.2. The van der Waals surface area contributed by atoms with Crippen molar-refractivity contribution in [2.24, 2.45) is 7.05 Å². The predicted molar refractivity (Wildman–Crippen MR) is 81.8 cm³/mol. The summed E-state index contributed by atoms with van der Waals surface area (Å²) >= 11 is 1.85. The van der Waals surface area contributed by atoms with Crippen molar-refractivity contribution in [1.29, 1.82) is 0 Å². The number of thiophene rings is 1. The Hall–Kier alpha value is -1.81. The number of rotatable bonds is 3. The van der Waals surface area contributed by atoms with Gasteiger partial charge in [-0.2, -0.15) is 0 Å². The number of imidazole rings is 1. The SMILES string of the molecule is Cc1cc(CNc2nc3ccccc3n2C)sc1C. The van der Waals surface area contributed by atoms with Crippen molar-refractivity contribution in [3.05, 3.63) is 45.6 Å². The van der Waals surface area contributed by atoms with Gasteiger partial charge in [0.1, 0.15) is 0 Å². The standard InChI is InChI=1S/C15H17N3S/c1-10-8-12(19-11(10)2)9-16-15-17-13-6-4-5-7-14(13)18(15)3/h4-8H,9H2,1-3H3,(H,16,17). The molecule has 3 aromatic rings. The summed E-state index contributed by atoms with van der Waals surface area (Å²) in [5.41, 5.74) is 3.56. The quantitative estimate of drug-likeness (QED) is 0.784. The molecule has 0 amide bonds. The van der Waals surface area contributed by atoms with Crippen molar-refractivity contribution in [2.45, 2.75) is 20.4 Å². The minimum atomic E-state index is 0.830. The van der Waals surface area contributed by atoms with Crippen molar-refractivity contribution in [2.75, 3.05) is 5.32 Å². The van der Waals surface area contributed by atoms with Crippen LogP contribution in [-0.4, -0.2) is 9.55 Å². The van der Waals surface area contributed by atoms with Crippen LogP contribution in [0.2, 0.25) is 0 Å². The Morgan fingerprint density at radius 2 is 2.05 bits per heavy atom. The molecule has 3 rings (SSSR count). The van der Waals surface area contributed by atoms with E-state index in [4.69, 9.17) is 0 Å². The molecular weight excluding hydrogens is 254 g/mol. The van der Waals surface area contributed by atoms with Crippen LogP contribution in [0.15, 0.2) is 30.3 Å². The highest BCUT2D eigenvalue weighted by atomic mass is 32.1. The fourth-order valence-electron chi connectivity index (χ4n) is 2.21. The Labute approximate surface area is 116 Å². The molecule has 3 nitrogen and oxygen atoms in total. The Kier molecular flexibility index (Phi) is 3.03. The van der Waals surface area contributed by atoms with Gasteiger partial charge in [-0.1, -0.05) is 12.1 Å². The van der Waals surface area contributed by atoms with Crippen LogP contribution in [0.4, 0.5) is 5.95 Å². The van der Waals surface area contributed by atoms with E-state index in [0.29, 0.717) is 0 Å². The molecule has 0 saturated carbocycles. The summed E-state index contributed by atoms with van der Waals surface area (Å²) in [6, 6.07) is 10.4. The number of aromatic nitrogens is 2. The maximum atomic E-state index is 4.61. The molecule has 0 fully saturated rings. The van der Waals surface area contributed by atoms with E-state index < -0.39 is 0 Å². The van der Waals surface area contributed by atoms with Crippen LogP contribution in [0.25, 0.3) is 11.0 Å². The van der Waals surface area contributed by atoms with Crippen molar-refractivity contribution in [1.82, 2.24) is 9.55 Å². The van der Waals surface area contributed by atoms with Crippen LogP contribution in [0.5, 0.6) is 0 Å². The lowest BCUT2D eigenvalue weighted by molar-refractivity contribution is 0.931. The van der Waals surface area contributed by atoms with Crippen molar-refractivity contribution >= 4 is 28.3 Å². The number of nitrogens with zero attached hydrogens (tertiary/aromatic N) is 2. The minimum Gasteiger partial charge on any atom is -0.351 e. The molecule has 1 aromatic carbocycles. The summed E-state index contributed by atoms with van der Waals surface area (Å²) in [7, 11) is 2.04. The number of benzene rings is 1. The zero-order valence-electron chi connectivity index (χ0n) is 11.4. The third kappa shape index (κ3) is 2.24. The number of hydrogen-bond acceptors (Lipinski definition) is 3. The smallest absolute Gasteiger partial charge is 0.203 e. The molecule has 0 radical (unpaired) electrons. The van der Waals surface area contributed by atoms with E-state index in [0.717, 1.165) is 23.5 Å². The Balaban J connectivity index is 1.83. The first-order valence-corrected chi connectivity index (χ1v) is 7.18. The zero-order valence-corrected chi connectivity index (χ0v) is 12.2. The van der Waals surface area contributed by atoms with Gasteiger partial charge >= 0.3 is 0 Å². The third-order valence-corrected chi connectivity index (χ3v) is 4.58. The van der Waals surface area contributed by atoms with Crippen LogP contribution in [-0.2, 0) is 13.6 Å². The maximum absolute atomic E-state index is 4.61. The third-order valence-electron chi connectivity index (χ3n) is 3.42. The molecular formula is C15H17N3S. The highest BCUT2D eigenvalue weighted by molar-refractivity contribution is 7.12. The normalized spacial score (nSPS) is 11.1. The fraction of sp³-hybridized carbons (Fsp3) is 0.267. The van der Waals surface area contributed by atoms with E-state index >= 15 is 0 Å². The number of fused-ring (bicyclic) bond motifs is 1. The lowest BCUT2D eigenvalue weighted by Crippen LogP contribution is -2.03. The van der Waals surface area contributed by atoms with E-state index in [9.17, 15) is 0 Å². The van der Waals surface area contributed by atoms with Gasteiger partial charge in [0.05, 0.1) is 17.6 Å². The van der Waals surface area contributed by atoms with Crippen LogP contribution < -0.4 is 5.32 Å². The van der Waals surface area contributed by atoms with E-state index in [-0.39, 0.29) is 0 Å². The van der Waals surface area contributed by atoms with Crippen molar-refractivity contribution < 1.29 is 0 Å². The summed E-state index contributed by atoms with van der Waals surface area (Å²) in [5, 5.41) is 3.42. The van der Waals surface area contributed by atoms with E-state index in [1.165, 1.54) is 15.3 Å².